The van der Waals surface area contributed by atoms with E-state index in [0.29, 0.717) is 24.6 Å². The second-order valence-electron chi connectivity index (χ2n) is 3.34. The summed E-state index contributed by atoms with van der Waals surface area (Å²) in [7, 11) is 0. The van der Waals surface area contributed by atoms with E-state index < -0.39 is 0 Å². The molecule has 1 rings (SSSR count). The van der Waals surface area contributed by atoms with Gasteiger partial charge in [0.1, 0.15) is 10.7 Å². The van der Waals surface area contributed by atoms with Crippen LogP contribution in [0.15, 0.2) is 0 Å². The normalized spacial score (nSPS) is 10.7. The highest BCUT2D eigenvalue weighted by atomic mass is 32.1. The highest BCUT2D eigenvalue weighted by Gasteiger charge is 2.12. The van der Waals surface area contributed by atoms with Gasteiger partial charge in [-0.15, -0.1) is 5.10 Å². The Bertz CT molecular complexity index is 340. The monoisotopic (exact) mass is 243 g/mol. The summed E-state index contributed by atoms with van der Waals surface area (Å²) in [6, 6.07) is 0. The lowest BCUT2D eigenvalue weighted by Gasteiger charge is -2.18. The largest absolute Gasteiger partial charge is 0.388 e. The third-order valence-corrected chi connectivity index (χ3v) is 2.74. The Labute approximate surface area is 99.0 Å². The first-order valence-electron chi connectivity index (χ1n) is 5.23. The van der Waals surface area contributed by atoms with Crippen LogP contribution >= 0.6 is 11.5 Å². The molecule has 0 aromatic carbocycles. The van der Waals surface area contributed by atoms with Crippen molar-refractivity contribution in [1.82, 2.24) is 19.8 Å². The standard InChI is InChI=1S/C9H17N5OS/c1-3-11-8(15)6-14(4-2)5-7-9(10)16-13-12-7/h3-6,10H2,1-2H3,(H,11,15). The van der Waals surface area contributed by atoms with Gasteiger partial charge in [-0.1, -0.05) is 11.4 Å². The van der Waals surface area contributed by atoms with E-state index in [1.807, 2.05) is 18.7 Å². The van der Waals surface area contributed by atoms with Crippen LogP contribution in [-0.2, 0) is 11.3 Å². The molecule has 0 aliphatic carbocycles. The van der Waals surface area contributed by atoms with Gasteiger partial charge in [0.25, 0.3) is 0 Å². The highest BCUT2D eigenvalue weighted by molar-refractivity contribution is 7.09. The topological polar surface area (TPSA) is 84.1 Å². The molecule has 16 heavy (non-hydrogen) atoms. The average Bonchev–Trinajstić information content (AvgIpc) is 2.64. The molecule has 1 aromatic heterocycles. The van der Waals surface area contributed by atoms with Crippen LogP contribution in [0.3, 0.4) is 0 Å². The second-order valence-corrected chi connectivity index (χ2v) is 4.13. The fraction of sp³-hybridized carbons (Fsp3) is 0.667. The fourth-order valence-electron chi connectivity index (χ4n) is 1.27. The maximum atomic E-state index is 11.4. The second kappa shape index (κ2) is 6.39. The number of hydrogen-bond acceptors (Lipinski definition) is 6. The summed E-state index contributed by atoms with van der Waals surface area (Å²) in [6.07, 6.45) is 0. The maximum Gasteiger partial charge on any atom is 0.234 e. The summed E-state index contributed by atoms with van der Waals surface area (Å²) in [4.78, 5) is 13.4. The lowest BCUT2D eigenvalue weighted by molar-refractivity contribution is -0.122. The van der Waals surface area contributed by atoms with E-state index in [9.17, 15) is 4.79 Å². The third-order valence-electron chi connectivity index (χ3n) is 2.15. The summed E-state index contributed by atoms with van der Waals surface area (Å²) < 4.78 is 3.76. The molecule has 0 aliphatic rings. The molecule has 0 fully saturated rings. The van der Waals surface area contributed by atoms with Gasteiger partial charge in [-0.05, 0) is 13.5 Å². The molecule has 90 valence electrons. The number of rotatable bonds is 6. The Balaban J connectivity index is 2.49. The van der Waals surface area contributed by atoms with Crippen molar-refractivity contribution in [2.75, 3.05) is 25.4 Å². The number of nitrogen functional groups attached to an aromatic ring is 1. The van der Waals surface area contributed by atoms with E-state index in [1.54, 1.807) is 0 Å². The van der Waals surface area contributed by atoms with E-state index in [4.69, 9.17) is 5.73 Å². The van der Waals surface area contributed by atoms with Crippen LogP contribution in [0, 0.1) is 0 Å². The van der Waals surface area contributed by atoms with Crippen molar-refractivity contribution < 1.29 is 4.79 Å². The molecule has 1 amide bonds. The molecule has 1 aromatic rings. The van der Waals surface area contributed by atoms with Crippen LogP contribution < -0.4 is 11.1 Å². The molecule has 0 unspecified atom stereocenters. The molecule has 1 heterocycles. The quantitative estimate of drug-likeness (QED) is 0.739. The van der Waals surface area contributed by atoms with E-state index in [1.165, 1.54) is 11.5 Å². The van der Waals surface area contributed by atoms with E-state index in [0.717, 1.165) is 12.2 Å². The molecule has 0 spiro atoms. The minimum absolute atomic E-state index is 0.0195. The number of nitrogens with two attached hydrogens (primary N) is 1. The Hall–Kier alpha value is -1.21. The number of nitrogens with one attached hydrogen (secondary N) is 1. The lowest BCUT2D eigenvalue weighted by atomic mass is 10.3. The van der Waals surface area contributed by atoms with Gasteiger partial charge in [0, 0.05) is 24.6 Å². The molecule has 0 radical (unpaired) electrons. The van der Waals surface area contributed by atoms with Gasteiger partial charge >= 0.3 is 0 Å². The number of hydrogen-bond donors (Lipinski definition) is 2. The number of carbonyl (C=O) groups excluding carboxylic acids is 1. The van der Waals surface area contributed by atoms with Crippen molar-refractivity contribution in [2.24, 2.45) is 0 Å². The zero-order valence-electron chi connectivity index (χ0n) is 9.56. The van der Waals surface area contributed by atoms with Gasteiger partial charge in [-0.3, -0.25) is 9.69 Å². The van der Waals surface area contributed by atoms with Crippen LogP contribution in [0.4, 0.5) is 5.00 Å². The van der Waals surface area contributed by atoms with Crippen LogP contribution in [-0.4, -0.2) is 40.0 Å². The Morgan fingerprint density at radius 1 is 1.56 bits per heavy atom. The molecule has 0 saturated carbocycles. The summed E-state index contributed by atoms with van der Waals surface area (Å²) in [5.74, 6) is 0.0195. The van der Waals surface area contributed by atoms with E-state index in [-0.39, 0.29) is 5.91 Å². The number of amides is 1. The van der Waals surface area contributed by atoms with Crippen LogP contribution in [0.25, 0.3) is 0 Å². The third kappa shape index (κ3) is 3.74. The van der Waals surface area contributed by atoms with Crippen molar-refractivity contribution >= 4 is 22.4 Å². The number of aromatic nitrogens is 2. The number of nitrogens with zero attached hydrogens (tertiary/aromatic N) is 3. The van der Waals surface area contributed by atoms with Gasteiger partial charge in [0.15, 0.2) is 0 Å². The molecule has 0 aliphatic heterocycles. The molecular weight excluding hydrogens is 226 g/mol. The first-order valence-corrected chi connectivity index (χ1v) is 6.00. The van der Waals surface area contributed by atoms with Crippen molar-refractivity contribution in [3.8, 4) is 0 Å². The molecule has 0 bridgehead atoms. The fourth-order valence-corrected chi connectivity index (χ4v) is 1.71. The molecular formula is C9H17N5OS. The predicted molar refractivity (Wildman–Crippen MR) is 64.0 cm³/mol. The van der Waals surface area contributed by atoms with Crippen molar-refractivity contribution in [3.05, 3.63) is 5.69 Å². The SMILES string of the molecule is CCNC(=O)CN(CC)Cc1nnsc1N. The highest BCUT2D eigenvalue weighted by Crippen LogP contribution is 2.14. The average molecular weight is 243 g/mol. The molecule has 0 saturated heterocycles. The van der Waals surface area contributed by atoms with Gasteiger partial charge in [0.2, 0.25) is 5.91 Å². The molecule has 0 atom stereocenters. The smallest absolute Gasteiger partial charge is 0.234 e. The Morgan fingerprint density at radius 3 is 2.81 bits per heavy atom. The van der Waals surface area contributed by atoms with Crippen LogP contribution in [0.2, 0.25) is 0 Å². The van der Waals surface area contributed by atoms with Crippen LogP contribution in [0.5, 0.6) is 0 Å². The maximum absolute atomic E-state index is 11.4. The first-order chi connectivity index (χ1) is 7.67. The summed E-state index contributed by atoms with van der Waals surface area (Å²) in [5.41, 5.74) is 6.45. The minimum Gasteiger partial charge on any atom is -0.388 e. The molecule has 6 nitrogen and oxygen atoms in total. The first kappa shape index (κ1) is 12.9. The van der Waals surface area contributed by atoms with Gasteiger partial charge in [-0.2, -0.15) is 0 Å². The van der Waals surface area contributed by atoms with E-state index >= 15 is 0 Å². The molecule has 7 heteroatoms. The Kier molecular flexibility index (Phi) is 5.13. The number of anilines is 1. The zero-order valence-corrected chi connectivity index (χ0v) is 10.4. The van der Waals surface area contributed by atoms with E-state index in [2.05, 4.69) is 14.9 Å². The van der Waals surface area contributed by atoms with Crippen molar-refractivity contribution in [3.63, 3.8) is 0 Å². The summed E-state index contributed by atoms with van der Waals surface area (Å²) >= 11 is 1.18. The lowest BCUT2D eigenvalue weighted by Crippen LogP contribution is -2.36. The van der Waals surface area contributed by atoms with Crippen molar-refractivity contribution in [2.45, 2.75) is 20.4 Å². The summed E-state index contributed by atoms with van der Waals surface area (Å²) in [6.45, 7) is 6.24. The summed E-state index contributed by atoms with van der Waals surface area (Å²) in [5, 5.41) is 7.31. The minimum atomic E-state index is 0.0195. The number of likely N-dealkylation sites (N-methyl/N-ethyl adjacent to an activating group) is 2. The zero-order chi connectivity index (χ0) is 12.0. The Morgan fingerprint density at radius 2 is 2.31 bits per heavy atom. The van der Waals surface area contributed by atoms with Gasteiger partial charge < -0.3 is 11.1 Å². The van der Waals surface area contributed by atoms with Gasteiger partial charge in [0.05, 0.1) is 6.54 Å². The number of carbonyl (C=O) groups is 1. The van der Waals surface area contributed by atoms with Crippen molar-refractivity contribution in [1.29, 1.82) is 0 Å². The van der Waals surface area contributed by atoms with Crippen LogP contribution in [0.1, 0.15) is 19.5 Å². The molecule has 3 N–H and O–H groups in total. The van der Waals surface area contributed by atoms with Gasteiger partial charge in [-0.25, -0.2) is 0 Å². The predicted octanol–water partition coefficient (Wildman–Crippen LogP) is 0.0783.